The molecule has 0 saturated heterocycles. The van der Waals surface area contributed by atoms with Gasteiger partial charge in [-0.1, -0.05) is 30.3 Å². The monoisotopic (exact) mass is 342 g/mol. The molecule has 1 atom stereocenters. The summed E-state index contributed by atoms with van der Waals surface area (Å²) < 4.78 is 5.12. The lowest BCUT2D eigenvalue weighted by atomic mass is 10.2. The van der Waals surface area contributed by atoms with Gasteiger partial charge in [0, 0.05) is 25.3 Å². The predicted molar refractivity (Wildman–Crippen MR) is 103 cm³/mol. The number of hydrogen-bond acceptors (Lipinski definition) is 5. The second kappa shape index (κ2) is 6.30. The highest BCUT2D eigenvalue weighted by atomic mass is 32.1. The van der Waals surface area contributed by atoms with Gasteiger partial charge in [-0.3, -0.25) is 4.99 Å². The van der Waals surface area contributed by atoms with Crippen LogP contribution >= 0.6 is 11.3 Å². The number of hydrogen-bond donors (Lipinski definition) is 2. The van der Waals surface area contributed by atoms with Crippen LogP contribution in [0.3, 0.4) is 0 Å². The molecule has 1 aromatic carbocycles. The second-order valence-electron chi connectivity index (χ2n) is 5.81. The highest BCUT2D eigenvalue weighted by Crippen LogP contribution is 2.46. The van der Waals surface area contributed by atoms with Gasteiger partial charge in [-0.05, 0) is 18.6 Å². The molecule has 126 valence electrons. The zero-order valence-corrected chi connectivity index (χ0v) is 14.6. The molecule has 3 heterocycles. The van der Waals surface area contributed by atoms with Crippen molar-refractivity contribution in [3.8, 4) is 10.4 Å². The molecule has 0 amide bonds. The number of fused-ring (bicyclic) bond motifs is 3. The molecular formula is C18H22N4OS. The molecule has 5 nitrogen and oxygen atoms in total. The summed E-state index contributed by atoms with van der Waals surface area (Å²) in [6, 6.07) is 12.7. The van der Waals surface area contributed by atoms with E-state index in [0.29, 0.717) is 13.2 Å². The van der Waals surface area contributed by atoms with Crippen molar-refractivity contribution in [1.29, 1.82) is 0 Å². The van der Waals surface area contributed by atoms with E-state index in [4.69, 9.17) is 4.74 Å². The van der Waals surface area contributed by atoms with Gasteiger partial charge in [0.1, 0.15) is 10.8 Å². The van der Waals surface area contributed by atoms with E-state index in [0.717, 1.165) is 11.5 Å². The second-order valence-corrected chi connectivity index (χ2v) is 6.84. The van der Waals surface area contributed by atoms with Gasteiger partial charge >= 0.3 is 0 Å². The first kappa shape index (κ1) is 15.2. The fourth-order valence-corrected chi connectivity index (χ4v) is 4.22. The van der Waals surface area contributed by atoms with Crippen LogP contribution in [-0.2, 0) is 4.74 Å². The molecule has 0 radical (unpaired) electrons. The number of benzene rings is 1. The molecule has 2 aromatic rings. The highest BCUT2D eigenvalue weighted by Gasteiger charge is 2.36. The van der Waals surface area contributed by atoms with Gasteiger partial charge in [0.15, 0.2) is 6.17 Å². The summed E-state index contributed by atoms with van der Waals surface area (Å²) >= 11 is 1.80. The number of methoxy groups -OCH3 is 1. The molecule has 6 heteroatoms. The van der Waals surface area contributed by atoms with E-state index in [1.54, 1.807) is 18.4 Å². The van der Waals surface area contributed by atoms with Crippen molar-refractivity contribution in [3.05, 3.63) is 48.3 Å². The van der Waals surface area contributed by atoms with Gasteiger partial charge < -0.3 is 20.3 Å². The molecule has 4 rings (SSSR count). The molecule has 0 aliphatic carbocycles. The number of aliphatic imine (C=N–C) groups is 1. The van der Waals surface area contributed by atoms with Crippen LogP contribution in [0.25, 0.3) is 10.4 Å². The normalized spacial score (nSPS) is 20.2. The van der Waals surface area contributed by atoms with Crippen LogP contribution in [0.4, 0.5) is 10.7 Å². The summed E-state index contributed by atoms with van der Waals surface area (Å²) in [4.78, 5) is 8.25. The first-order chi connectivity index (χ1) is 11.8. The molecular weight excluding hydrogens is 320 g/mol. The maximum Gasteiger partial charge on any atom is 0.163 e. The Bertz CT molecular complexity index is 803. The number of thiophene rings is 1. The summed E-state index contributed by atoms with van der Waals surface area (Å²) in [6.45, 7) is 3.39. The summed E-state index contributed by atoms with van der Waals surface area (Å²) in [5.41, 5.74) is 3.55. The average Bonchev–Trinajstić information content (AvgIpc) is 3.19. The van der Waals surface area contributed by atoms with Crippen molar-refractivity contribution in [3.63, 3.8) is 0 Å². The molecule has 1 aromatic heterocycles. The van der Waals surface area contributed by atoms with E-state index in [9.17, 15) is 0 Å². The fourth-order valence-electron chi connectivity index (χ4n) is 3.01. The third-order valence-electron chi connectivity index (χ3n) is 4.18. The minimum absolute atomic E-state index is 0. The number of amidine groups is 1. The van der Waals surface area contributed by atoms with E-state index in [1.165, 1.54) is 21.1 Å². The zero-order valence-electron chi connectivity index (χ0n) is 13.7. The van der Waals surface area contributed by atoms with Crippen LogP contribution in [0.1, 0.15) is 8.35 Å². The van der Waals surface area contributed by atoms with Crippen LogP contribution in [-0.4, -0.2) is 32.3 Å². The lowest BCUT2D eigenvalue weighted by Gasteiger charge is -2.33. The summed E-state index contributed by atoms with van der Waals surface area (Å²) in [5, 5.41) is 8.14. The minimum atomic E-state index is 0. The van der Waals surface area contributed by atoms with Crippen molar-refractivity contribution in [2.24, 2.45) is 4.99 Å². The Kier molecular flexibility index (Phi) is 4.00. The molecule has 24 heavy (non-hydrogen) atoms. The van der Waals surface area contributed by atoms with E-state index in [1.807, 2.05) is 6.07 Å². The number of rotatable bonds is 4. The molecule has 0 bridgehead atoms. The first-order valence-electron chi connectivity index (χ1n) is 7.99. The Hall–Kier alpha value is -2.31. The third kappa shape index (κ3) is 2.57. The number of nitrogens with one attached hydrogen (secondary N) is 2. The van der Waals surface area contributed by atoms with Crippen LogP contribution in [0.5, 0.6) is 0 Å². The molecule has 0 fully saturated rings. The first-order valence-corrected chi connectivity index (χ1v) is 8.81. The fraction of sp³-hybridized carbons (Fsp3) is 0.278. The topological polar surface area (TPSA) is 48.9 Å². The van der Waals surface area contributed by atoms with Gasteiger partial charge in [-0.25, -0.2) is 0 Å². The van der Waals surface area contributed by atoms with Crippen molar-refractivity contribution in [2.75, 3.05) is 30.5 Å². The van der Waals surface area contributed by atoms with E-state index in [2.05, 4.69) is 64.0 Å². The Balaban J connectivity index is 0.00000182. The Morgan fingerprint density at radius 3 is 2.96 bits per heavy atom. The van der Waals surface area contributed by atoms with E-state index >= 15 is 0 Å². The highest BCUT2D eigenvalue weighted by molar-refractivity contribution is 7.20. The number of anilines is 2. The summed E-state index contributed by atoms with van der Waals surface area (Å²) in [5.74, 6) is 0.935. The SMILES string of the molecule is COCCN=C1Nc2cc(-c3ccccc3)sc2N2C(C)=CNC12.[HH]. The summed E-state index contributed by atoms with van der Waals surface area (Å²) in [7, 11) is 1.70. The Morgan fingerprint density at radius 2 is 2.17 bits per heavy atom. The van der Waals surface area contributed by atoms with Crippen molar-refractivity contribution < 1.29 is 6.16 Å². The number of allylic oxidation sites excluding steroid dienone is 1. The maximum atomic E-state index is 5.12. The number of ether oxygens (including phenoxy) is 1. The molecule has 0 saturated carbocycles. The quantitative estimate of drug-likeness (QED) is 0.831. The standard InChI is InChI=1S/C18H20N4OS.H2/c1-12-11-20-17-16(19-8-9-23-2)21-14-10-15(24-18(14)22(12)17)13-6-4-3-5-7-13;/h3-7,10-11,17,20H,8-9H2,1-2H3,(H,19,21);1H. The lowest BCUT2D eigenvalue weighted by molar-refractivity contribution is 0.208. The van der Waals surface area contributed by atoms with Crippen molar-refractivity contribution in [2.45, 2.75) is 13.1 Å². The molecule has 2 N–H and O–H groups in total. The van der Waals surface area contributed by atoms with Crippen LogP contribution in [0.2, 0.25) is 0 Å². The molecule has 2 aliphatic heterocycles. The molecule has 2 aliphatic rings. The minimum Gasteiger partial charge on any atom is -0.383 e. The van der Waals surface area contributed by atoms with Gasteiger partial charge in [0.25, 0.3) is 0 Å². The van der Waals surface area contributed by atoms with Gasteiger partial charge in [-0.15, -0.1) is 11.3 Å². The van der Waals surface area contributed by atoms with Crippen LogP contribution in [0.15, 0.2) is 53.3 Å². The van der Waals surface area contributed by atoms with Gasteiger partial charge in [-0.2, -0.15) is 0 Å². The largest absolute Gasteiger partial charge is 0.383 e. The van der Waals surface area contributed by atoms with Gasteiger partial charge in [0.2, 0.25) is 0 Å². The van der Waals surface area contributed by atoms with Crippen molar-refractivity contribution in [1.82, 2.24) is 5.32 Å². The number of nitrogens with zero attached hydrogens (tertiary/aromatic N) is 2. The third-order valence-corrected chi connectivity index (χ3v) is 5.36. The predicted octanol–water partition coefficient (Wildman–Crippen LogP) is 3.73. The van der Waals surface area contributed by atoms with E-state index in [-0.39, 0.29) is 7.59 Å². The zero-order chi connectivity index (χ0) is 16.5. The molecule has 1 unspecified atom stereocenters. The van der Waals surface area contributed by atoms with Gasteiger partial charge in [0.05, 0.1) is 18.8 Å². The average molecular weight is 342 g/mol. The Morgan fingerprint density at radius 1 is 1.33 bits per heavy atom. The lowest BCUT2D eigenvalue weighted by Crippen LogP contribution is -2.49. The Labute approximate surface area is 147 Å². The molecule has 0 spiro atoms. The van der Waals surface area contributed by atoms with Crippen LogP contribution in [0, 0.1) is 0 Å². The van der Waals surface area contributed by atoms with E-state index < -0.39 is 0 Å². The smallest absolute Gasteiger partial charge is 0.163 e. The summed E-state index contributed by atoms with van der Waals surface area (Å²) in [6.07, 6.45) is 2.09. The van der Waals surface area contributed by atoms with Crippen molar-refractivity contribution >= 4 is 27.9 Å². The maximum absolute atomic E-state index is 5.12. The van der Waals surface area contributed by atoms with Crippen LogP contribution < -0.4 is 15.5 Å².